The van der Waals surface area contributed by atoms with E-state index in [4.69, 9.17) is 20.2 Å². The number of nitrogens with zero attached hydrogens (tertiary/aromatic N) is 2. The van der Waals surface area contributed by atoms with E-state index in [-0.39, 0.29) is 23.9 Å². The van der Waals surface area contributed by atoms with Gasteiger partial charge in [-0.25, -0.2) is 18.1 Å². The topological polar surface area (TPSA) is 116 Å². The van der Waals surface area contributed by atoms with E-state index < -0.39 is 10.0 Å². The van der Waals surface area contributed by atoms with Crippen molar-refractivity contribution in [2.45, 2.75) is 77.5 Å². The van der Waals surface area contributed by atoms with Crippen molar-refractivity contribution in [2.75, 3.05) is 32.6 Å². The fourth-order valence-electron chi connectivity index (χ4n) is 6.90. The first-order valence-corrected chi connectivity index (χ1v) is 17.5. The summed E-state index contributed by atoms with van der Waals surface area (Å²) in [5.41, 5.74) is 13.4. The van der Waals surface area contributed by atoms with Crippen LogP contribution >= 0.6 is 0 Å². The van der Waals surface area contributed by atoms with E-state index in [1.165, 1.54) is 24.8 Å². The zero-order valence-electron chi connectivity index (χ0n) is 26.9. The molecule has 1 fully saturated rings. The van der Waals surface area contributed by atoms with Crippen molar-refractivity contribution in [1.82, 2.24) is 9.71 Å². The van der Waals surface area contributed by atoms with Crippen LogP contribution in [0.5, 0.6) is 5.75 Å². The molecule has 5 rings (SSSR count). The highest BCUT2D eigenvalue weighted by Crippen LogP contribution is 2.44. The number of aliphatic imine (C=N–C) groups is 1. The number of anilines is 1. The summed E-state index contributed by atoms with van der Waals surface area (Å²) in [5, 5.41) is 0. The van der Waals surface area contributed by atoms with Crippen molar-refractivity contribution in [3.63, 3.8) is 0 Å². The normalized spacial score (nSPS) is 23.5. The largest absolute Gasteiger partial charge is 0.493 e. The van der Waals surface area contributed by atoms with Crippen molar-refractivity contribution in [3.05, 3.63) is 59.4 Å². The SMILES string of the molecule is CCC1C=CN=C2CCC(C)(C)CC2=C1CC1CCOc2ccc(-c3cnc(N)c(S(=O)(=O)NCCOC)c3)cc2CC1C. The molecule has 0 saturated heterocycles. The Kier molecular flexibility index (Phi) is 9.97. The van der Waals surface area contributed by atoms with E-state index in [1.54, 1.807) is 17.8 Å². The lowest BCUT2D eigenvalue weighted by Gasteiger charge is -2.36. The van der Waals surface area contributed by atoms with Gasteiger partial charge in [0.05, 0.1) is 13.2 Å². The molecule has 8 nitrogen and oxygen atoms in total. The van der Waals surface area contributed by atoms with Gasteiger partial charge in [-0.05, 0) is 103 Å². The Morgan fingerprint density at radius 2 is 2.02 bits per heavy atom. The van der Waals surface area contributed by atoms with Crippen LogP contribution in [0.15, 0.2) is 63.8 Å². The summed E-state index contributed by atoms with van der Waals surface area (Å²) in [6.45, 7) is 10.5. The monoisotopic (exact) mass is 620 g/mol. The highest BCUT2D eigenvalue weighted by Gasteiger charge is 2.34. The van der Waals surface area contributed by atoms with E-state index in [1.807, 2.05) is 12.1 Å². The lowest BCUT2D eigenvalue weighted by molar-refractivity contribution is 0.204. The molecule has 9 heteroatoms. The standard InChI is InChI=1S/C35H48N4O4S/c1-6-24-10-13-37-31-9-12-35(3,4)21-30(31)29(24)19-25-11-15-43-32-8-7-26(18-27(32)17-23(25)2)28-20-33(34(36)38-22-28)44(40,41)39-14-16-42-5/h7-8,10,13,18,20,22-25,39H,6,9,11-12,14-17,19,21H2,1-5H3,(H2,36,38). The molecule has 44 heavy (non-hydrogen) atoms. The number of nitrogen functional groups attached to an aromatic ring is 1. The van der Waals surface area contributed by atoms with Crippen LogP contribution in [0.25, 0.3) is 11.1 Å². The predicted molar refractivity (Wildman–Crippen MR) is 177 cm³/mol. The van der Waals surface area contributed by atoms with Crippen molar-refractivity contribution in [3.8, 4) is 16.9 Å². The second kappa shape index (κ2) is 13.5. The van der Waals surface area contributed by atoms with Crippen LogP contribution < -0.4 is 15.2 Å². The number of benzene rings is 1. The lowest BCUT2D eigenvalue weighted by atomic mass is 9.69. The molecule has 3 heterocycles. The summed E-state index contributed by atoms with van der Waals surface area (Å²) >= 11 is 0. The molecule has 1 aromatic heterocycles. The summed E-state index contributed by atoms with van der Waals surface area (Å²) in [6, 6.07) is 7.68. The summed E-state index contributed by atoms with van der Waals surface area (Å²) < 4.78 is 39.7. The fourth-order valence-corrected chi connectivity index (χ4v) is 8.02. The van der Waals surface area contributed by atoms with Gasteiger partial charge in [-0.3, -0.25) is 4.99 Å². The van der Waals surface area contributed by atoms with E-state index in [2.05, 4.69) is 55.7 Å². The molecule has 1 aliphatic carbocycles. The number of pyridine rings is 1. The quantitative estimate of drug-likeness (QED) is 0.301. The van der Waals surface area contributed by atoms with Crippen molar-refractivity contribution in [2.24, 2.45) is 28.2 Å². The van der Waals surface area contributed by atoms with Crippen molar-refractivity contribution in [1.29, 1.82) is 0 Å². The Balaban J connectivity index is 1.41. The predicted octanol–water partition coefficient (Wildman–Crippen LogP) is 6.72. The Labute approximate surface area is 263 Å². The number of fused-ring (bicyclic) bond motifs is 2. The molecule has 3 N–H and O–H groups in total. The maximum Gasteiger partial charge on any atom is 0.244 e. The molecule has 2 aromatic rings. The number of hydrogen-bond donors (Lipinski definition) is 2. The number of rotatable bonds is 9. The summed E-state index contributed by atoms with van der Waals surface area (Å²) in [5.74, 6) is 2.20. The molecule has 1 aromatic carbocycles. The Morgan fingerprint density at radius 1 is 1.20 bits per heavy atom. The molecular weight excluding hydrogens is 572 g/mol. The Morgan fingerprint density at radius 3 is 2.80 bits per heavy atom. The van der Waals surface area contributed by atoms with Gasteiger partial charge < -0.3 is 15.2 Å². The number of nitrogens with one attached hydrogen (secondary N) is 1. The third kappa shape index (κ3) is 7.27. The van der Waals surface area contributed by atoms with Gasteiger partial charge in [0.25, 0.3) is 0 Å². The van der Waals surface area contributed by atoms with E-state index >= 15 is 0 Å². The fraction of sp³-hybridized carbons (Fsp3) is 0.543. The summed E-state index contributed by atoms with van der Waals surface area (Å²) in [4.78, 5) is 9.11. The lowest BCUT2D eigenvalue weighted by Crippen LogP contribution is -2.28. The van der Waals surface area contributed by atoms with Crippen molar-refractivity contribution >= 4 is 21.6 Å². The summed E-state index contributed by atoms with van der Waals surface area (Å²) in [7, 11) is -2.31. The van der Waals surface area contributed by atoms with Crippen LogP contribution in [0, 0.1) is 23.2 Å². The zero-order valence-corrected chi connectivity index (χ0v) is 27.7. The Hall–Kier alpha value is -3.01. The van der Waals surface area contributed by atoms with Crippen LogP contribution in [0.3, 0.4) is 0 Å². The number of methoxy groups -OCH3 is 1. The maximum atomic E-state index is 12.9. The smallest absolute Gasteiger partial charge is 0.244 e. The number of nitrogens with two attached hydrogens (primary N) is 1. The molecule has 0 bridgehead atoms. The van der Waals surface area contributed by atoms with Gasteiger partial charge in [-0.1, -0.05) is 45.4 Å². The van der Waals surface area contributed by atoms with E-state index in [0.29, 0.717) is 35.3 Å². The third-order valence-corrected chi connectivity index (χ3v) is 11.1. The van der Waals surface area contributed by atoms with Gasteiger partial charge in [-0.2, -0.15) is 0 Å². The molecule has 3 aliphatic rings. The molecule has 1 saturated carbocycles. The molecule has 0 amide bonds. The van der Waals surface area contributed by atoms with E-state index in [9.17, 15) is 8.42 Å². The highest BCUT2D eigenvalue weighted by atomic mass is 32.2. The first kappa shape index (κ1) is 32.4. The zero-order chi connectivity index (χ0) is 31.5. The van der Waals surface area contributed by atoms with Crippen molar-refractivity contribution < 1.29 is 17.9 Å². The van der Waals surface area contributed by atoms with Gasteiger partial charge in [0.15, 0.2) is 0 Å². The van der Waals surface area contributed by atoms with Crippen LogP contribution in [0.1, 0.15) is 71.8 Å². The Bertz CT molecular complexity index is 1560. The van der Waals surface area contributed by atoms with Gasteiger partial charge >= 0.3 is 0 Å². The number of ether oxygens (including phenoxy) is 2. The first-order chi connectivity index (χ1) is 21.0. The average Bonchev–Trinajstić information content (AvgIpc) is 3.14. The van der Waals surface area contributed by atoms with Gasteiger partial charge in [0.1, 0.15) is 16.5 Å². The van der Waals surface area contributed by atoms with E-state index in [0.717, 1.165) is 55.4 Å². The third-order valence-electron chi connectivity index (χ3n) is 9.60. The number of allylic oxidation sites excluding steroid dienone is 3. The van der Waals surface area contributed by atoms with Gasteiger partial charge in [-0.15, -0.1) is 0 Å². The van der Waals surface area contributed by atoms with Gasteiger partial charge in [0, 0.05) is 37.3 Å². The van der Waals surface area contributed by atoms with Crippen LogP contribution in [0.4, 0.5) is 5.82 Å². The number of sulfonamides is 1. The molecule has 238 valence electrons. The summed E-state index contributed by atoms with van der Waals surface area (Å²) in [6.07, 6.45) is 13.4. The average molecular weight is 621 g/mol. The van der Waals surface area contributed by atoms with Gasteiger partial charge in [0.2, 0.25) is 10.0 Å². The van der Waals surface area contributed by atoms with Crippen LogP contribution in [0.2, 0.25) is 0 Å². The number of aromatic nitrogens is 1. The second-order valence-electron chi connectivity index (χ2n) is 13.4. The van der Waals surface area contributed by atoms with Crippen LogP contribution in [-0.2, 0) is 21.2 Å². The van der Waals surface area contributed by atoms with Crippen LogP contribution in [-0.4, -0.2) is 46.0 Å². The molecule has 3 unspecified atom stereocenters. The molecule has 2 aliphatic heterocycles. The minimum atomic E-state index is -3.84. The minimum absolute atomic E-state index is 0.0335. The maximum absolute atomic E-state index is 12.9. The number of hydrogen-bond acceptors (Lipinski definition) is 7. The molecule has 0 spiro atoms. The molecule has 0 radical (unpaired) electrons. The molecular formula is C35H48N4O4S. The first-order valence-electron chi connectivity index (χ1n) is 16.0. The molecule has 3 atom stereocenters. The minimum Gasteiger partial charge on any atom is -0.493 e. The second-order valence-corrected chi connectivity index (χ2v) is 15.1. The highest BCUT2D eigenvalue weighted by molar-refractivity contribution is 7.89.